The Balaban J connectivity index is 2.54. The highest BCUT2D eigenvalue weighted by molar-refractivity contribution is 5.18. The average Bonchev–Trinajstić information content (AvgIpc) is 2.39. The highest BCUT2D eigenvalue weighted by Crippen LogP contribution is 2.18. The maximum Gasteiger partial charge on any atom is 0.0662 e. The molecule has 1 aromatic carbocycles. The SMILES string of the molecule is CC[C@@H](O)CNC(CCCO)c1ccccc1. The van der Waals surface area contributed by atoms with Crippen molar-refractivity contribution in [3.8, 4) is 0 Å². The molecule has 0 saturated carbocycles. The number of hydrogen-bond acceptors (Lipinski definition) is 3. The summed E-state index contributed by atoms with van der Waals surface area (Å²) in [6.07, 6.45) is 2.12. The fraction of sp³-hybridized carbons (Fsp3) is 0.571. The van der Waals surface area contributed by atoms with Crippen LogP contribution in [0.25, 0.3) is 0 Å². The number of rotatable bonds is 8. The Kier molecular flexibility index (Phi) is 6.86. The second-order valence-electron chi connectivity index (χ2n) is 4.30. The molecule has 2 atom stereocenters. The third-order valence-electron chi connectivity index (χ3n) is 2.92. The smallest absolute Gasteiger partial charge is 0.0662 e. The number of aliphatic hydroxyl groups excluding tert-OH is 2. The Hall–Kier alpha value is -0.900. The van der Waals surface area contributed by atoms with Crippen LogP contribution in [0.4, 0.5) is 0 Å². The highest BCUT2D eigenvalue weighted by atomic mass is 16.3. The van der Waals surface area contributed by atoms with E-state index in [1.54, 1.807) is 0 Å². The highest BCUT2D eigenvalue weighted by Gasteiger charge is 2.11. The van der Waals surface area contributed by atoms with Crippen LogP contribution in [-0.2, 0) is 0 Å². The minimum Gasteiger partial charge on any atom is -0.396 e. The van der Waals surface area contributed by atoms with Crippen molar-refractivity contribution in [3.63, 3.8) is 0 Å². The summed E-state index contributed by atoms with van der Waals surface area (Å²) in [7, 11) is 0. The number of hydrogen-bond donors (Lipinski definition) is 3. The molecule has 0 heterocycles. The van der Waals surface area contributed by atoms with Gasteiger partial charge in [0.05, 0.1) is 6.10 Å². The van der Waals surface area contributed by atoms with Crippen LogP contribution in [0.5, 0.6) is 0 Å². The van der Waals surface area contributed by atoms with Gasteiger partial charge in [-0.25, -0.2) is 0 Å². The second kappa shape index (κ2) is 8.23. The molecule has 1 aromatic rings. The number of aliphatic hydroxyl groups is 2. The molecule has 3 heteroatoms. The summed E-state index contributed by atoms with van der Waals surface area (Å²) in [5.74, 6) is 0. The predicted molar refractivity (Wildman–Crippen MR) is 69.8 cm³/mol. The lowest BCUT2D eigenvalue weighted by Crippen LogP contribution is -2.30. The molecule has 1 rings (SSSR count). The summed E-state index contributed by atoms with van der Waals surface area (Å²) in [6, 6.07) is 10.4. The molecule has 1 unspecified atom stereocenters. The molecule has 0 aliphatic rings. The van der Waals surface area contributed by atoms with Gasteiger partial charge in [-0.1, -0.05) is 37.3 Å². The normalized spacial score (nSPS) is 14.5. The molecule has 0 aliphatic heterocycles. The van der Waals surface area contributed by atoms with Gasteiger partial charge in [0.25, 0.3) is 0 Å². The van der Waals surface area contributed by atoms with Crippen molar-refractivity contribution in [2.45, 2.75) is 38.3 Å². The zero-order valence-corrected chi connectivity index (χ0v) is 10.5. The molecule has 3 nitrogen and oxygen atoms in total. The fourth-order valence-corrected chi connectivity index (χ4v) is 1.79. The third kappa shape index (κ3) is 5.31. The Morgan fingerprint density at radius 2 is 1.94 bits per heavy atom. The lowest BCUT2D eigenvalue weighted by atomic mass is 10.0. The molecule has 96 valence electrons. The van der Waals surface area contributed by atoms with E-state index in [4.69, 9.17) is 5.11 Å². The van der Waals surface area contributed by atoms with Gasteiger partial charge < -0.3 is 15.5 Å². The van der Waals surface area contributed by atoms with Crippen LogP contribution in [0.2, 0.25) is 0 Å². The molecule has 0 bridgehead atoms. The van der Waals surface area contributed by atoms with Gasteiger partial charge in [-0.15, -0.1) is 0 Å². The first-order valence-corrected chi connectivity index (χ1v) is 6.35. The van der Waals surface area contributed by atoms with E-state index in [1.807, 2.05) is 25.1 Å². The van der Waals surface area contributed by atoms with E-state index in [0.717, 1.165) is 19.3 Å². The molecular weight excluding hydrogens is 214 g/mol. The van der Waals surface area contributed by atoms with Gasteiger partial charge in [0.2, 0.25) is 0 Å². The van der Waals surface area contributed by atoms with E-state index in [1.165, 1.54) is 5.56 Å². The maximum absolute atomic E-state index is 9.57. The Morgan fingerprint density at radius 1 is 1.24 bits per heavy atom. The number of benzene rings is 1. The zero-order valence-electron chi connectivity index (χ0n) is 10.5. The predicted octanol–water partition coefficient (Wildman–Crippen LogP) is 1.86. The van der Waals surface area contributed by atoms with Gasteiger partial charge in [-0.05, 0) is 24.8 Å². The largest absolute Gasteiger partial charge is 0.396 e. The quantitative estimate of drug-likeness (QED) is 0.647. The van der Waals surface area contributed by atoms with Crippen LogP contribution < -0.4 is 5.32 Å². The Morgan fingerprint density at radius 3 is 2.53 bits per heavy atom. The van der Waals surface area contributed by atoms with Crippen molar-refractivity contribution in [1.82, 2.24) is 5.32 Å². The minimum absolute atomic E-state index is 0.210. The van der Waals surface area contributed by atoms with Gasteiger partial charge in [-0.3, -0.25) is 0 Å². The van der Waals surface area contributed by atoms with E-state index in [9.17, 15) is 5.11 Å². The van der Waals surface area contributed by atoms with E-state index in [2.05, 4.69) is 17.4 Å². The van der Waals surface area contributed by atoms with Crippen molar-refractivity contribution in [1.29, 1.82) is 0 Å². The van der Waals surface area contributed by atoms with Crippen LogP contribution in [0.1, 0.15) is 37.8 Å². The lowest BCUT2D eigenvalue weighted by Gasteiger charge is -2.20. The van der Waals surface area contributed by atoms with Crippen molar-refractivity contribution < 1.29 is 10.2 Å². The van der Waals surface area contributed by atoms with E-state index < -0.39 is 0 Å². The van der Waals surface area contributed by atoms with Gasteiger partial charge in [-0.2, -0.15) is 0 Å². The Labute approximate surface area is 103 Å². The van der Waals surface area contributed by atoms with Crippen molar-refractivity contribution in [2.24, 2.45) is 0 Å². The fourth-order valence-electron chi connectivity index (χ4n) is 1.79. The maximum atomic E-state index is 9.57. The minimum atomic E-state index is -0.296. The summed E-state index contributed by atoms with van der Waals surface area (Å²) >= 11 is 0. The topological polar surface area (TPSA) is 52.5 Å². The summed E-state index contributed by atoms with van der Waals surface area (Å²) in [5.41, 5.74) is 1.21. The Bertz CT molecular complexity index is 290. The van der Waals surface area contributed by atoms with Gasteiger partial charge >= 0.3 is 0 Å². The molecule has 17 heavy (non-hydrogen) atoms. The van der Waals surface area contributed by atoms with E-state index in [0.29, 0.717) is 6.54 Å². The molecule has 0 amide bonds. The average molecular weight is 237 g/mol. The van der Waals surface area contributed by atoms with Gasteiger partial charge in [0.1, 0.15) is 0 Å². The van der Waals surface area contributed by atoms with E-state index >= 15 is 0 Å². The molecule has 0 fully saturated rings. The first-order chi connectivity index (χ1) is 8.27. The number of nitrogens with one attached hydrogen (secondary N) is 1. The monoisotopic (exact) mass is 237 g/mol. The molecule has 0 spiro atoms. The molecule has 0 saturated heterocycles. The van der Waals surface area contributed by atoms with Crippen LogP contribution >= 0.6 is 0 Å². The molecule has 0 aromatic heterocycles. The lowest BCUT2D eigenvalue weighted by molar-refractivity contribution is 0.161. The van der Waals surface area contributed by atoms with Crippen LogP contribution in [0, 0.1) is 0 Å². The van der Waals surface area contributed by atoms with Crippen molar-refractivity contribution in [2.75, 3.05) is 13.2 Å². The van der Waals surface area contributed by atoms with Crippen LogP contribution in [-0.4, -0.2) is 29.5 Å². The van der Waals surface area contributed by atoms with Gasteiger partial charge in [0.15, 0.2) is 0 Å². The first-order valence-electron chi connectivity index (χ1n) is 6.35. The van der Waals surface area contributed by atoms with Crippen LogP contribution in [0.15, 0.2) is 30.3 Å². The van der Waals surface area contributed by atoms with Crippen molar-refractivity contribution >= 4 is 0 Å². The summed E-state index contributed by atoms with van der Waals surface area (Å²) in [6.45, 7) is 2.78. The summed E-state index contributed by atoms with van der Waals surface area (Å²) in [4.78, 5) is 0. The summed E-state index contributed by atoms with van der Waals surface area (Å²) < 4.78 is 0. The van der Waals surface area contributed by atoms with E-state index in [-0.39, 0.29) is 18.8 Å². The molecular formula is C14H23NO2. The summed E-state index contributed by atoms with van der Waals surface area (Å²) in [5, 5.41) is 21.8. The van der Waals surface area contributed by atoms with Crippen LogP contribution in [0.3, 0.4) is 0 Å². The first kappa shape index (κ1) is 14.2. The second-order valence-corrected chi connectivity index (χ2v) is 4.30. The molecule has 0 radical (unpaired) electrons. The van der Waals surface area contributed by atoms with Crippen molar-refractivity contribution in [3.05, 3.63) is 35.9 Å². The molecule has 0 aliphatic carbocycles. The standard InChI is InChI=1S/C14H23NO2/c1-2-13(17)11-15-14(9-6-10-16)12-7-4-3-5-8-12/h3-5,7-8,13-17H,2,6,9-11H2,1H3/t13-,14?/m1/s1. The third-order valence-corrected chi connectivity index (χ3v) is 2.92. The molecule has 3 N–H and O–H groups in total. The zero-order chi connectivity index (χ0) is 12.5. The van der Waals surface area contributed by atoms with Gasteiger partial charge in [0, 0.05) is 19.2 Å².